The molecule has 0 unspecified atom stereocenters. The first-order chi connectivity index (χ1) is 8.49. The van der Waals surface area contributed by atoms with Gasteiger partial charge in [-0.3, -0.25) is 9.59 Å². The summed E-state index contributed by atoms with van der Waals surface area (Å²) in [5, 5.41) is 19.5. The van der Waals surface area contributed by atoms with Crippen LogP contribution in [-0.2, 0) is 16.1 Å². The fraction of sp³-hybridized carbons (Fsp3) is 0.364. The second-order valence-corrected chi connectivity index (χ2v) is 3.60. The van der Waals surface area contributed by atoms with Gasteiger partial charge in [0.1, 0.15) is 5.76 Å². The summed E-state index contributed by atoms with van der Waals surface area (Å²) in [6, 6.07) is 2.76. The van der Waals surface area contributed by atoms with Crippen LogP contribution in [0.2, 0.25) is 0 Å². The summed E-state index contributed by atoms with van der Waals surface area (Å²) in [5.74, 6) is -2.28. The van der Waals surface area contributed by atoms with Crippen molar-refractivity contribution >= 4 is 17.8 Å². The predicted octanol–water partition coefficient (Wildman–Crippen LogP) is 0.849. The van der Waals surface area contributed by atoms with Crippen molar-refractivity contribution in [1.29, 1.82) is 0 Å². The zero-order valence-corrected chi connectivity index (χ0v) is 9.51. The maximum Gasteiger partial charge on any atom is 0.371 e. The van der Waals surface area contributed by atoms with E-state index in [4.69, 9.17) is 14.6 Å². The molecule has 0 saturated carbocycles. The normalized spacial score (nSPS) is 10.0. The standard InChI is InChI=1S/C11H13NO6/c13-9(2-1-3-10(14)15)12-6-7-4-5-8(18-7)11(16)17/h4-5H,1-3,6H2,(H,12,13)(H,14,15)(H,16,17). The Morgan fingerprint density at radius 1 is 1.17 bits per heavy atom. The smallest absolute Gasteiger partial charge is 0.371 e. The maximum atomic E-state index is 11.3. The molecule has 7 nitrogen and oxygen atoms in total. The molecule has 98 valence electrons. The molecule has 3 N–H and O–H groups in total. The number of carbonyl (C=O) groups excluding carboxylic acids is 1. The van der Waals surface area contributed by atoms with Crippen LogP contribution in [0.5, 0.6) is 0 Å². The van der Waals surface area contributed by atoms with Gasteiger partial charge in [-0.25, -0.2) is 4.79 Å². The summed E-state index contributed by atoms with van der Waals surface area (Å²) < 4.78 is 4.93. The molecule has 0 aliphatic heterocycles. The minimum Gasteiger partial charge on any atom is -0.481 e. The van der Waals surface area contributed by atoms with Gasteiger partial charge in [0.25, 0.3) is 0 Å². The number of rotatable bonds is 7. The van der Waals surface area contributed by atoms with Crippen molar-refractivity contribution < 1.29 is 29.0 Å². The Labute approximate surface area is 102 Å². The minimum atomic E-state index is -1.17. The Hall–Kier alpha value is -2.31. The minimum absolute atomic E-state index is 0.0582. The third kappa shape index (κ3) is 4.69. The Balaban J connectivity index is 2.29. The topological polar surface area (TPSA) is 117 Å². The van der Waals surface area contributed by atoms with Crippen LogP contribution in [0.4, 0.5) is 0 Å². The van der Waals surface area contributed by atoms with Crippen molar-refractivity contribution in [2.24, 2.45) is 0 Å². The highest BCUT2D eigenvalue weighted by Gasteiger charge is 2.09. The van der Waals surface area contributed by atoms with Crippen LogP contribution in [0.1, 0.15) is 35.6 Å². The first kappa shape index (κ1) is 13.8. The molecule has 0 aromatic carbocycles. The van der Waals surface area contributed by atoms with Crippen LogP contribution in [0.15, 0.2) is 16.5 Å². The molecular weight excluding hydrogens is 242 g/mol. The average Bonchev–Trinajstić information content (AvgIpc) is 2.74. The Bertz CT molecular complexity index is 450. The molecule has 0 aliphatic carbocycles. The first-order valence-electron chi connectivity index (χ1n) is 5.29. The summed E-state index contributed by atoms with van der Waals surface area (Å²) >= 11 is 0. The number of hydrogen-bond donors (Lipinski definition) is 3. The van der Waals surface area contributed by atoms with Gasteiger partial charge in [-0.05, 0) is 18.6 Å². The van der Waals surface area contributed by atoms with Gasteiger partial charge in [0, 0.05) is 12.8 Å². The molecule has 0 saturated heterocycles. The van der Waals surface area contributed by atoms with E-state index in [9.17, 15) is 14.4 Å². The maximum absolute atomic E-state index is 11.3. The van der Waals surface area contributed by atoms with Gasteiger partial charge in [0.05, 0.1) is 6.54 Å². The summed E-state index contributed by atoms with van der Waals surface area (Å²) in [6.07, 6.45) is 0.315. The summed E-state index contributed by atoms with van der Waals surface area (Å²) in [4.78, 5) is 32.0. The van der Waals surface area contributed by atoms with Crippen LogP contribution >= 0.6 is 0 Å². The molecule has 1 aromatic rings. The zero-order valence-electron chi connectivity index (χ0n) is 9.51. The van der Waals surface area contributed by atoms with Crippen LogP contribution in [0.3, 0.4) is 0 Å². The van der Waals surface area contributed by atoms with Crippen LogP contribution < -0.4 is 5.32 Å². The summed E-state index contributed by atoms with van der Waals surface area (Å²) in [5.41, 5.74) is 0. The monoisotopic (exact) mass is 255 g/mol. The molecule has 0 fully saturated rings. The van der Waals surface area contributed by atoms with E-state index in [2.05, 4.69) is 5.32 Å². The Kier molecular flexibility index (Phi) is 4.91. The van der Waals surface area contributed by atoms with Crippen LogP contribution in [0, 0.1) is 0 Å². The summed E-state index contributed by atoms with van der Waals surface area (Å²) in [6.45, 7) is 0.0825. The lowest BCUT2D eigenvalue weighted by atomic mass is 10.2. The molecule has 0 atom stereocenters. The number of nitrogens with one attached hydrogen (secondary N) is 1. The Morgan fingerprint density at radius 3 is 2.44 bits per heavy atom. The van der Waals surface area contributed by atoms with Gasteiger partial charge in [-0.1, -0.05) is 0 Å². The van der Waals surface area contributed by atoms with Gasteiger partial charge >= 0.3 is 11.9 Å². The van der Waals surface area contributed by atoms with E-state index >= 15 is 0 Å². The van der Waals surface area contributed by atoms with Crippen molar-refractivity contribution in [1.82, 2.24) is 5.32 Å². The highest BCUT2D eigenvalue weighted by molar-refractivity contribution is 5.84. The molecule has 1 heterocycles. The molecule has 0 bridgehead atoms. The Morgan fingerprint density at radius 2 is 1.89 bits per heavy atom. The number of amides is 1. The van der Waals surface area contributed by atoms with E-state index in [-0.39, 0.29) is 37.5 Å². The van der Waals surface area contributed by atoms with E-state index in [1.807, 2.05) is 0 Å². The molecule has 0 spiro atoms. The van der Waals surface area contributed by atoms with Gasteiger partial charge in [0.15, 0.2) is 0 Å². The number of aliphatic carboxylic acids is 1. The fourth-order valence-electron chi connectivity index (χ4n) is 1.26. The lowest BCUT2D eigenvalue weighted by Crippen LogP contribution is -2.22. The van der Waals surface area contributed by atoms with Gasteiger partial charge < -0.3 is 19.9 Å². The molecule has 1 aromatic heterocycles. The van der Waals surface area contributed by atoms with E-state index in [1.165, 1.54) is 12.1 Å². The number of hydrogen-bond acceptors (Lipinski definition) is 4. The number of carboxylic acid groups (broad SMARTS) is 2. The van der Waals surface area contributed by atoms with Crippen molar-refractivity contribution in [2.45, 2.75) is 25.8 Å². The van der Waals surface area contributed by atoms with E-state index in [0.717, 1.165) is 0 Å². The number of carboxylic acids is 2. The molecular formula is C11H13NO6. The van der Waals surface area contributed by atoms with E-state index in [0.29, 0.717) is 5.76 Å². The van der Waals surface area contributed by atoms with Crippen molar-refractivity contribution in [2.75, 3.05) is 0 Å². The molecule has 0 radical (unpaired) electrons. The van der Waals surface area contributed by atoms with Gasteiger partial charge in [-0.15, -0.1) is 0 Å². The highest BCUT2D eigenvalue weighted by Crippen LogP contribution is 2.07. The van der Waals surface area contributed by atoms with Crippen LogP contribution in [-0.4, -0.2) is 28.1 Å². The first-order valence-corrected chi connectivity index (χ1v) is 5.29. The fourth-order valence-corrected chi connectivity index (χ4v) is 1.26. The third-order valence-corrected chi connectivity index (χ3v) is 2.13. The van der Waals surface area contributed by atoms with E-state index in [1.54, 1.807) is 0 Å². The SMILES string of the molecule is O=C(O)CCCC(=O)NCc1ccc(C(=O)O)o1. The lowest BCUT2D eigenvalue weighted by molar-refractivity contribution is -0.137. The van der Waals surface area contributed by atoms with Crippen LogP contribution in [0.25, 0.3) is 0 Å². The van der Waals surface area contributed by atoms with Gasteiger partial charge in [-0.2, -0.15) is 0 Å². The molecule has 0 aliphatic rings. The second-order valence-electron chi connectivity index (χ2n) is 3.60. The number of aromatic carboxylic acids is 1. The van der Waals surface area contributed by atoms with Crippen molar-refractivity contribution in [3.8, 4) is 0 Å². The average molecular weight is 255 g/mol. The highest BCUT2D eigenvalue weighted by atomic mass is 16.4. The lowest BCUT2D eigenvalue weighted by Gasteiger charge is -2.01. The van der Waals surface area contributed by atoms with Crippen molar-refractivity contribution in [3.05, 3.63) is 23.7 Å². The third-order valence-electron chi connectivity index (χ3n) is 2.13. The number of carbonyl (C=O) groups is 3. The molecule has 7 heteroatoms. The predicted molar refractivity (Wildman–Crippen MR) is 59.0 cm³/mol. The van der Waals surface area contributed by atoms with Crippen molar-refractivity contribution in [3.63, 3.8) is 0 Å². The molecule has 18 heavy (non-hydrogen) atoms. The van der Waals surface area contributed by atoms with E-state index < -0.39 is 11.9 Å². The number of furan rings is 1. The molecule has 1 rings (SSSR count). The zero-order chi connectivity index (χ0) is 13.5. The largest absolute Gasteiger partial charge is 0.481 e. The molecule has 1 amide bonds. The summed E-state index contributed by atoms with van der Waals surface area (Å²) in [7, 11) is 0. The quantitative estimate of drug-likeness (QED) is 0.664. The second kappa shape index (κ2) is 6.43. The van der Waals surface area contributed by atoms with Gasteiger partial charge in [0.2, 0.25) is 11.7 Å².